The van der Waals surface area contributed by atoms with Gasteiger partial charge in [-0.2, -0.15) is 0 Å². The first-order valence-corrected chi connectivity index (χ1v) is 7.78. The lowest BCUT2D eigenvalue weighted by molar-refractivity contribution is -0.130. The molecule has 0 atom stereocenters. The molecule has 2 rings (SSSR count). The summed E-state index contributed by atoms with van der Waals surface area (Å²) in [5, 5.41) is 5.66. The molecule has 2 amide bonds. The number of nitrogens with one attached hydrogen (secondary N) is 2. The molecule has 1 aromatic carbocycles. The highest BCUT2D eigenvalue weighted by molar-refractivity contribution is 5.88. The summed E-state index contributed by atoms with van der Waals surface area (Å²) in [5.41, 5.74) is 0.498. The van der Waals surface area contributed by atoms with Crippen LogP contribution in [0.1, 0.15) is 39.5 Å². The zero-order chi connectivity index (χ0) is 16.0. The van der Waals surface area contributed by atoms with Crippen LogP contribution in [0.15, 0.2) is 24.3 Å². The van der Waals surface area contributed by atoms with Gasteiger partial charge in [-0.1, -0.05) is 25.8 Å². The van der Waals surface area contributed by atoms with Gasteiger partial charge in [-0.25, -0.2) is 0 Å². The van der Waals surface area contributed by atoms with Crippen molar-refractivity contribution in [2.45, 2.75) is 39.5 Å². The third-order valence-corrected chi connectivity index (χ3v) is 4.07. The Morgan fingerprint density at radius 3 is 2.68 bits per heavy atom. The summed E-state index contributed by atoms with van der Waals surface area (Å²) in [6, 6.07) is 7.21. The summed E-state index contributed by atoms with van der Waals surface area (Å²) in [4.78, 5) is 23.2. The molecule has 0 saturated heterocycles. The molecule has 0 spiro atoms. The first-order chi connectivity index (χ1) is 10.5. The van der Waals surface area contributed by atoms with Gasteiger partial charge in [0, 0.05) is 24.1 Å². The van der Waals surface area contributed by atoms with Crippen LogP contribution in [-0.4, -0.2) is 25.0 Å². The van der Waals surface area contributed by atoms with E-state index in [1.54, 1.807) is 12.1 Å². The summed E-state index contributed by atoms with van der Waals surface area (Å²) < 4.78 is 5.61. The number of ether oxygens (including phenoxy) is 1. The molecular formula is C17H24N2O3. The van der Waals surface area contributed by atoms with Gasteiger partial charge in [0.2, 0.25) is 11.8 Å². The Labute approximate surface area is 131 Å². The molecule has 0 unspecified atom stereocenters. The summed E-state index contributed by atoms with van der Waals surface area (Å²) in [7, 11) is 0. The van der Waals surface area contributed by atoms with E-state index in [-0.39, 0.29) is 17.2 Å². The van der Waals surface area contributed by atoms with E-state index >= 15 is 0 Å². The molecule has 1 aliphatic carbocycles. The number of anilines is 1. The second-order valence-electron chi connectivity index (χ2n) is 6.08. The maximum absolute atomic E-state index is 12.1. The van der Waals surface area contributed by atoms with Gasteiger partial charge < -0.3 is 15.4 Å². The summed E-state index contributed by atoms with van der Waals surface area (Å²) in [6.45, 7) is 4.39. The van der Waals surface area contributed by atoms with Crippen molar-refractivity contribution in [1.29, 1.82) is 0 Å². The number of amides is 2. The normalized spacial score (nSPS) is 16.1. The molecule has 120 valence electrons. The number of carbonyl (C=O) groups excluding carboxylic acids is 2. The molecule has 1 saturated carbocycles. The third-order valence-electron chi connectivity index (χ3n) is 4.07. The van der Waals surface area contributed by atoms with E-state index in [0.717, 1.165) is 25.7 Å². The predicted molar refractivity (Wildman–Crippen MR) is 85.8 cm³/mol. The number of rotatable bonds is 6. The molecule has 0 radical (unpaired) electrons. The highest BCUT2D eigenvalue weighted by Crippen LogP contribution is 2.37. The molecule has 22 heavy (non-hydrogen) atoms. The van der Waals surface area contributed by atoms with Gasteiger partial charge >= 0.3 is 0 Å². The van der Waals surface area contributed by atoms with Gasteiger partial charge in [0.25, 0.3) is 0 Å². The zero-order valence-electron chi connectivity index (χ0n) is 13.3. The molecule has 5 nitrogen and oxygen atoms in total. The molecule has 1 aliphatic rings. The minimum Gasteiger partial charge on any atom is -0.492 e. The van der Waals surface area contributed by atoms with Crippen LogP contribution in [0.5, 0.6) is 5.75 Å². The van der Waals surface area contributed by atoms with Crippen LogP contribution >= 0.6 is 0 Å². The average Bonchev–Trinajstić information content (AvgIpc) is 2.91. The van der Waals surface area contributed by atoms with E-state index in [1.165, 1.54) is 6.92 Å². The van der Waals surface area contributed by atoms with Gasteiger partial charge in [-0.3, -0.25) is 9.59 Å². The fourth-order valence-electron chi connectivity index (χ4n) is 2.80. The SMILES string of the molecule is CC(=O)Nc1cccc(OCCNC(=O)C2(C)CCCC2)c1. The minimum atomic E-state index is -0.203. The molecule has 2 N–H and O–H groups in total. The van der Waals surface area contributed by atoms with Crippen molar-refractivity contribution in [3.63, 3.8) is 0 Å². The summed E-state index contributed by atoms with van der Waals surface area (Å²) in [5.74, 6) is 0.683. The lowest BCUT2D eigenvalue weighted by atomic mass is 9.88. The van der Waals surface area contributed by atoms with Crippen molar-refractivity contribution >= 4 is 17.5 Å². The predicted octanol–water partition coefficient (Wildman–Crippen LogP) is 2.72. The zero-order valence-corrected chi connectivity index (χ0v) is 13.3. The Balaban J connectivity index is 1.74. The standard InChI is InChI=1S/C17H24N2O3/c1-13(20)19-14-6-5-7-15(12-14)22-11-10-18-16(21)17(2)8-3-4-9-17/h5-7,12H,3-4,8-11H2,1-2H3,(H,18,21)(H,19,20). The second kappa shape index (κ2) is 7.29. The monoisotopic (exact) mass is 304 g/mol. The molecule has 0 bridgehead atoms. The van der Waals surface area contributed by atoms with E-state index in [2.05, 4.69) is 10.6 Å². The van der Waals surface area contributed by atoms with Crippen molar-refractivity contribution < 1.29 is 14.3 Å². The Hall–Kier alpha value is -2.04. The van der Waals surface area contributed by atoms with Crippen LogP contribution in [0.3, 0.4) is 0 Å². The highest BCUT2D eigenvalue weighted by Gasteiger charge is 2.35. The molecule has 5 heteroatoms. The quantitative estimate of drug-likeness (QED) is 0.794. The first kappa shape index (κ1) is 16.3. The van der Waals surface area contributed by atoms with E-state index < -0.39 is 0 Å². The van der Waals surface area contributed by atoms with Crippen LogP contribution in [0.2, 0.25) is 0 Å². The van der Waals surface area contributed by atoms with E-state index in [9.17, 15) is 9.59 Å². The lowest BCUT2D eigenvalue weighted by Crippen LogP contribution is -2.39. The van der Waals surface area contributed by atoms with Crippen molar-refractivity contribution in [1.82, 2.24) is 5.32 Å². The van der Waals surface area contributed by atoms with Gasteiger partial charge in [-0.15, -0.1) is 0 Å². The van der Waals surface area contributed by atoms with Crippen molar-refractivity contribution in [2.75, 3.05) is 18.5 Å². The van der Waals surface area contributed by atoms with Gasteiger partial charge in [0.1, 0.15) is 12.4 Å². The van der Waals surface area contributed by atoms with Crippen LogP contribution < -0.4 is 15.4 Å². The molecular weight excluding hydrogens is 280 g/mol. The Morgan fingerprint density at radius 2 is 2.00 bits per heavy atom. The van der Waals surface area contributed by atoms with E-state index in [0.29, 0.717) is 24.6 Å². The van der Waals surface area contributed by atoms with Crippen molar-refractivity contribution in [3.05, 3.63) is 24.3 Å². The van der Waals surface area contributed by atoms with Crippen LogP contribution in [0.4, 0.5) is 5.69 Å². The van der Waals surface area contributed by atoms with Gasteiger partial charge in [0.15, 0.2) is 0 Å². The number of hydrogen-bond acceptors (Lipinski definition) is 3. The van der Waals surface area contributed by atoms with Gasteiger partial charge in [0.05, 0.1) is 6.54 Å². The summed E-state index contributed by atoms with van der Waals surface area (Å²) >= 11 is 0. The van der Waals surface area contributed by atoms with E-state index in [4.69, 9.17) is 4.74 Å². The van der Waals surface area contributed by atoms with Crippen LogP contribution in [-0.2, 0) is 9.59 Å². The van der Waals surface area contributed by atoms with Crippen LogP contribution in [0.25, 0.3) is 0 Å². The fourth-order valence-corrected chi connectivity index (χ4v) is 2.80. The van der Waals surface area contributed by atoms with Crippen LogP contribution in [0, 0.1) is 5.41 Å². The van der Waals surface area contributed by atoms with Crippen molar-refractivity contribution in [3.8, 4) is 5.75 Å². The Kier molecular flexibility index (Phi) is 5.41. The molecule has 0 aromatic heterocycles. The fraction of sp³-hybridized carbons (Fsp3) is 0.529. The highest BCUT2D eigenvalue weighted by atomic mass is 16.5. The number of carbonyl (C=O) groups is 2. The molecule has 0 heterocycles. The number of benzene rings is 1. The maximum atomic E-state index is 12.1. The molecule has 0 aliphatic heterocycles. The minimum absolute atomic E-state index is 0.116. The van der Waals surface area contributed by atoms with Gasteiger partial charge in [-0.05, 0) is 25.0 Å². The smallest absolute Gasteiger partial charge is 0.226 e. The topological polar surface area (TPSA) is 67.4 Å². The maximum Gasteiger partial charge on any atom is 0.226 e. The number of hydrogen-bond donors (Lipinski definition) is 2. The Bertz CT molecular complexity index is 536. The second-order valence-corrected chi connectivity index (χ2v) is 6.08. The van der Waals surface area contributed by atoms with Crippen molar-refractivity contribution in [2.24, 2.45) is 5.41 Å². The average molecular weight is 304 g/mol. The lowest BCUT2D eigenvalue weighted by Gasteiger charge is -2.22. The largest absolute Gasteiger partial charge is 0.492 e. The third kappa shape index (κ3) is 4.48. The molecule has 1 aromatic rings. The Morgan fingerprint density at radius 1 is 1.27 bits per heavy atom. The first-order valence-electron chi connectivity index (χ1n) is 7.78. The molecule has 1 fully saturated rings. The summed E-state index contributed by atoms with van der Waals surface area (Å²) in [6.07, 6.45) is 4.21. The van der Waals surface area contributed by atoms with E-state index in [1.807, 2.05) is 19.1 Å².